The molecule has 104 valence electrons. The molecule has 0 radical (unpaired) electrons. The van der Waals surface area contributed by atoms with Gasteiger partial charge in [0.2, 0.25) is 0 Å². The summed E-state index contributed by atoms with van der Waals surface area (Å²) in [6, 6.07) is 6.52. The Morgan fingerprint density at radius 2 is 2.25 bits per heavy atom. The maximum absolute atomic E-state index is 13.8. The Labute approximate surface area is 116 Å². The lowest BCUT2D eigenvalue weighted by molar-refractivity contribution is 0.0595. The summed E-state index contributed by atoms with van der Waals surface area (Å²) in [6.07, 6.45) is 4.32. The van der Waals surface area contributed by atoms with Gasteiger partial charge in [0, 0.05) is 12.1 Å². The van der Waals surface area contributed by atoms with Crippen LogP contribution in [0.15, 0.2) is 30.5 Å². The molecule has 0 unspecified atom stereocenters. The number of rotatable bonds is 4. The molecule has 0 N–H and O–H groups in total. The summed E-state index contributed by atoms with van der Waals surface area (Å²) < 4.78 is 20.1. The van der Waals surface area contributed by atoms with Crippen LogP contribution in [0.2, 0.25) is 0 Å². The lowest BCUT2D eigenvalue weighted by atomic mass is 10.1. The van der Waals surface area contributed by atoms with Gasteiger partial charge in [-0.1, -0.05) is 6.07 Å². The van der Waals surface area contributed by atoms with Gasteiger partial charge >= 0.3 is 5.97 Å². The molecule has 1 aliphatic rings. The first kappa shape index (κ1) is 12.8. The summed E-state index contributed by atoms with van der Waals surface area (Å²) in [6.45, 7) is 0.491. The molecular formula is C15H15FN2O2. The van der Waals surface area contributed by atoms with Crippen LogP contribution in [-0.2, 0) is 11.3 Å². The third-order valence-corrected chi connectivity index (χ3v) is 3.44. The standard InChI is InChI=1S/C15H15FN2O2/c1-20-15(19)12-5-2-10(8-13(12)16)9-18-7-6-14(17-18)11-3-4-11/h2,5-8,11H,3-4,9H2,1H3. The summed E-state index contributed by atoms with van der Waals surface area (Å²) in [7, 11) is 1.23. The van der Waals surface area contributed by atoms with Crippen LogP contribution in [0.25, 0.3) is 0 Å². The highest BCUT2D eigenvalue weighted by molar-refractivity contribution is 5.89. The van der Waals surface area contributed by atoms with Gasteiger partial charge in [-0.15, -0.1) is 0 Å². The number of benzene rings is 1. The van der Waals surface area contributed by atoms with Gasteiger partial charge in [0.15, 0.2) is 0 Å². The van der Waals surface area contributed by atoms with Gasteiger partial charge in [-0.25, -0.2) is 9.18 Å². The number of hydrogen-bond donors (Lipinski definition) is 0. The summed E-state index contributed by atoms with van der Waals surface area (Å²) >= 11 is 0. The van der Waals surface area contributed by atoms with Crippen molar-refractivity contribution < 1.29 is 13.9 Å². The van der Waals surface area contributed by atoms with Crippen LogP contribution in [0, 0.1) is 5.82 Å². The summed E-state index contributed by atoms with van der Waals surface area (Å²) in [5.41, 5.74) is 1.83. The third kappa shape index (κ3) is 2.57. The molecule has 1 aromatic heterocycles. The molecule has 20 heavy (non-hydrogen) atoms. The Kier molecular flexibility index (Phi) is 3.26. The van der Waals surface area contributed by atoms with E-state index in [1.54, 1.807) is 10.7 Å². The Morgan fingerprint density at radius 1 is 1.45 bits per heavy atom. The zero-order chi connectivity index (χ0) is 14.1. The lowest BCUT2D eigenvalue weighted by Crippen LogP contribution is -2.06. The molecule has 5 heteroatoms. The minimum Gasteiger partial charge on any atom is -0.465 e. The SMILES string of the molecule is COC(=O)c1ccc(Cn2ccc(C3CC3)n2)cc1F. The fourth-order valence-electron chi connectivity index (χ4n) is 2.18. The van der Waals surface area contributed by atoms with Crippen LogP contribution in [0.4, 0.5) is 4.39 Å². The minimum absolute atomic E-state index is 0.0459. The summed E-state index contributed by atoms with van der Waals surface area (Å²) in [5.74, 6) is -0.622. The van der Waals surface area contributed by atoms with Crippen LogP contribution < -0.4 is 0 Å². The molecule has 1 saturated carbocycles. The highest BCUT2D eigenvalue weighted by Gasteiger charge is 2.25. The number of methoxy groups -OCH3 is 1. The quantitative estimate of drug-likeness (QED) is 0.805. The van der Waals surface area contributed by atoms with E-state index in [4.69, 9.17) is 0 Å². The van der Waals surface area contributed by atoms with E-state index in [-0.39, 0.29) is 5.56 Å². The number of esters is 1. The molecule has 4 nitrogen and oxygen atoms in total. The van der Waals surface area contributed by atoms with E-state index >= 15 is 0 Å². The molecule has 0 atom stereocenters. The molecule has 0 aliphatic heterocycles. The predicted octanol–water partition coefficient (Wildman–Crippen LogP) is 2.73. The average Bonchev–Trinajstić information content (AvgIpc) is 3.19. The second kappa shape index (κ2) is 5.07. The fraction of sp³-hybridized carbons (Fsp3) is 0.333. The third-order valence-electron chi connectivity index (χ3n) is 3.44. The monoisotopic (exact) mass is 274 g/mol. The number of nitrogens with zero attached hydrogens (tertiary/aromatic N) is 2. The maximum atomic E-state index is 13.8. The zero-order valence-corrected chi connectivity index (χ0v) is 11.2. The molecule has 0 amide bonds. The van der Waals surface area contributed by atoms with Gasteiger partial charge in [-0.2, -0.15) is 5.10 Å². The van der Waals surface area contributed by atoms with E-state index in [0.717, 1.165) is 11.3 Å². The molecule has 0 saturated heterocycles. The second-order valence-electron chi connectivity index (χ2n) is 5.02. The first-order chi connectivity index (χ1) is 9.67. The highest BCUT2D eigenvalue weighted by Crippen LogP contribution is 2.38. The molecular weight excluding hydrogens is 259 g/mol. The first-order valence-corrected chi connectivity index (χ1v) is 6.57. The Bertz CT molecular complexity index is 647. The van der Waals surface area contributed by atoms with Crippen LogP contribution in [0.3, 0.4) is 0 Å². The van der Waals surface area contributed by atoms with Crippen molar-refractivity contribution in [1.29, 1.82) is 0 Å². The topological polar surface area (TPSA) is 44.1 Å². The van der Waals surface area contributed by atoms with Crippen molar-refractivity contribution in [3.05, 3.63) is 53.1 Å². The van der Waals surface area contributed by atoms with Gasteiger partial charge in [0.25, 0.3) is 0 Å². The maximum Gasteiger partial charge on any atom is 0.340 e. The predicted molar refractivity (Wildman–Crippen MR) is 71.0 cm³/mol. The van der Waals surface area contributed by atoms with E-state index in [1.165, 1.54) is 32.1 Å². The van der Waals surface area contributed by atoms with E-state index < -0.39 is 11.8 Å². The number of carbonyl (C=O) groups excluding carboxylic acids is 1. The minimum atomic E-state index is -0.663. The largest absolute Gasteiger partial charge is 0.465 e. The van der Waals surface area contributed by atoms with Crippen molar-refractivity contribution in [2.75, 3.05) is 7.11 Å². The van der Waals surface area contributed by atoms with Crippen LogP contribution >= 0.6 is 0 Å². The Hall–Kier alpha value is -2.17. The van der Waals surface area contributed by atoms with E-state index in [2.05, 4.69) is 9.84 Å². The van der Waals surface area contributed by atoms with E-state index in [9.17, 15) is 9.18 Å². The normalized spacial score (nSPS) is 14.3. The smallest absolute Gasteiger partial charge is 0.340 e. The van der Waals surface area contributed by atoms with Crippen molar-refractivity contribution in [2.45, 2.75) is 25.3 Å². The number of hydrogen-bond acceptors (Lipinski definition) is 3. The van der Waals surface area contributed by atoms with Crippen molar-refractivity contribution in [3.63, 3.8) is 0 Å². The summed E-state index contributed by atoms with van der Waals surface area (Å²) in [4.78, 5) is 11.3. The fourth-order valence-corrected chi connectivity index (χ4v) is 2.18. The average molecular weight is 274 g/mol. The molecule has 1 fully saturated rings. The van der Waals surface area contributed by atoms with Gasteiger partial charge in [-0.3, -0.25) is 4.68 Å². The van der Waals surface area contributed by atoms with Crippen molar-refractivity contribution in [3.8, 4) is 0 Å². The second-order valence-corrected chi connectivity index (χ2v) is 5.02. The lowest BCUT2D eigenvalue weighted by Gasteiger charge is -2.05. The number of carbonyl (C=O) groups is 1. The summed E-state index contributed by atoms with van der Waals surface area (Å²) in [5, 5.41) is 4.47. The van der Waals surface area contributed by atoms with Gasteiger partial charge in [-0.05, 0) is 36.6 Å². The molecule has 1 aliphatic carbocycles. The number of ether oxygens (including phenoxy) is 1. The highest BCUT2D eigenvalue weighted by atomic mass is 19.1. The van der Waals surface area contributed by atoms with Crippen molar-refractivity contribution >= 4 is 5.97 Å². The first-order valence-electron chi connectivity index (χ1n) is 6.57. The van der Waals surface area contributed by atoms with Gasteiger partial charge < -0.3 is 4.74 Å². The zero-order valence-electron chi connectivity index (χ0n) is 11.2. The van der Waals surface area contributed by atoms with Crippen molar-refractivity contribution in [1.82, 2.24) is 9.78 Å². The van der Waals surface area contributed by atoms with Crippen LogP contribution in [0.5, 0.6) is 0 Å². The Balaban J connectivity index is 1.76. The van der Waals surface area contributed by atoms with E-state index in [0.29, 0.717) is 12.5 Å². The van der Waals surface area contributed by atoms with E-state index in [1.807, 2.05) is 12.3 Å². The molecule has 3 rings (SSSR count). The van der Waals surface area contributed by atoms with Crippen LogP contribution in [0.1, 0.15) is 40.4 Å². The number of aromatic nitrogens is 2. The molecule has 0 spiro atoms. The molecule has 0 bridgehead atoms. The molecule has 1 aromatic carbocycles. The van der Waals surface area contributed by atoms with Crippen molar-refractivity contribution in [2.24, 2.45) is 0 Å². The van der Waals surface area contributed by atoms with Crippen LogP contribution in [-0.4, -0.2) is 22.9 Å². The molecule has 1 heterocycles. The van der Waals surface area contributed by atoms with Gasteiger partial charge in [0.05, 0.1) is 24.9 Å². The van der Waals surface area contributed by atoms with Gasteiger partial charge in [0.1, 0.15) is 5.82 Å². The Morgan fingerprint density at radius 3 is 2.90 bits per heavy atom. The number of halogens is 1. The molecule has 2 aromatic rings.